The first-order valence-electron chi connectivity index (χ1n) is 3.24. The van der Waals surface area contributed by atoms with E-state index >= 15 is 0 Å². The van der Waals surface area contributed by atoms with E-state index in [0.717, 1.165) is 13.2 Å². The zero-order valence-corrected chi connectivity index (χ0v) is 7.28. The van der Waals surface area contributed by atoms with Crippen molar-refractivity contribution >= 4 is 11.6 Å². The monoisotopic (exact) mass is 211 g/mol. The number of nitrogens with zero attached hydrogens (tertiary/aromatic N) is 1. The minimum absolute atomic E-state index is 0.347. The van der Waals surface area contributed by atoms with Crippen LogP contribution < -0.4 is 4.74 Å². The third kappa shape index (κ3) is 2.03. The molecule has 1 aromatic rings. The van der Waals surface area contributed by atoms with Gasteiger partial charge in [0.15, 0.2) is 5.75 Å². The summed E-state index contributed by atoms with van der Waals surface area (Å²) in [6.45, 7) is 0. The second-order valence-electron chi connectivity index (χ2n) is 2.16. The minimum atomic E-state index is -2.80. The number of pyridine rings is 1. The summed E-state index contributed by atoms with van der Waals surface area (Å²) in [5.41, 5.74) is -0.542. The van der Waals surface area contributed by atoms with Crippen LogP contribution in [0.15, 0.2) is 6.07 Å². The van der Waals surface area contributed by atoms with E-state index in [0.29, 0.717) is 0 Å². The normalized spacial score (nSPS) is 10.6. The largest absolute Gasteiger partial charge is 0.492 e. The molecule has 0 aliphatic carbocycles. The quantitative estimate of drug-likeness (QED) is 0.702. The Hall–Kier alpha value is -0.970. The molecule has 0 unspecified atom stereocenters. The smallest absolute Gasteiger partial charge is 0.266 e. The Balaban J connectivity index is 3.22. The summed E-state index contributed by atoms with van der Waals surface area (Å²) in [5, 5.41) is -0.548. The van der Waals surface area contributed by atoms with Crippen molar-refractivity contribution in [3.05, 3.63) is 22.7 Å². The Bertz CT molecular complexity index is 319. The molecule has 2 nitrogen and oxygen atoms in total. The zero-order valence-electron chi connectivity index (χ0n) is 6.52. The van der Waals surface area contributed by atoms with Crippen LogP contribution in [0, 0.1) is 5.95 Å². The molecule has 0 saturated heterocycles. The molecule has 1 heterocycles. The average molecular weight is 212 g/mol. The van der Waals surface area contributed by atoms with E-state index in [9.17, 15) is 13.2 Å². The SMILES string of the molecule is COc1cc(C(F)F)c(Cl)nc1F. The maximum Gasteiger partial charge on any atom is 0.266 e. The number of aromatic nitrogens is 1. The first-order valence-corrected chi connectivity index (χ1v) is 3.62. The van der Waals surface area contributed by atoms with Crippen molar-refractivity contribution in [2.45, 2.75) is 6.43 Å². The van der Waals surface area contributed by atoms with E-state index in [-0.39, 0.29) is 5.75 Å². The summed E-state index contributed by atoms with van der Waals surface area (Å²) in [5.74, 6) is -1.35. The number of methoxy groups -OCH3 is 1. The first-order chi connectivity index (χ1) is 6.06. The molecule has 1 rings (SSSR count). The van der Waals surface area contributed by atoms with Gasteiger partial charge < -0.3 is 4.74 Å². The molecule has 0 aliphatic rings. The van der Waals surface area contributed by atoms with E-state index < -0.39 is 23.1 Å². The highest BCUT2D eigenvalue weighted by molar-refractivity contribution is 6.30. The fraction of sp³-hybridized carbons (Fsp3) is 0.286. The molecular weight excluding hydrogens is 207 g/mol. The lowest BCUT2D eigenvalue weighted by Gasteiger charge is -2.05. The van der Waals surface area contributed by atoms with E-state index in [2.05, 4.69) is 9.72 Å². The molecular formula is C7H5ClF3NO. The van der Waals surface area contributed by atoms with Gasteiger partial charge in [-0.15, -0.1) is 0 Å². The van der Waals surface area contributed by atoms with Gasteiger partial charge in [0.05, 0.1) is 12.7 Å². The predicted molar refractivity (Wildman–Crippen MR) is 40.7 cm³/mol. The van der Waals surface area contributed by atoms with Crippen LogP contribution in [0.5, 0.6) is 5.75 Å². The van der Waals surface area contributed by atoms with Gasteiger partial charge in [-0.05, 0) is 6.07 Å². The van der Waals surface area contributed by atoms with Crippen LogP contribution in [0.2, 0.25) is 5.15 Å². The number of halogens is 4. The van der Waals surface area contributed by atoms with Crippen molar-refractivity contribution < 1.29 is 17.9 Å². The van der Waals surface area contributed by atoms with E-state index in [1.54, 1.807) is 0 Å². The Morgan fingerprint density at radius 1 is 1.54 bits per heavy atom. The number of alkyl halides is 2. The van der Waals surface area contributed by atoms with Crippen LogP contribution in [-0.2, 0) is 0 Å². The van der Waals surface area contributed by atoms with Crippen molar-refractivity contribution in [1.82, 2.24) is 4.98 Å². The summed E-state index contributed by atoms with van der Waals surface area (Å²) >= 11 is 5.27. The van der Waals surface area contributed by atoms with Gasteiger partial charge >= 0.3 is 0 Å². The minimum Gasteiger partial charge on any atom is -0.492 e. The molecule has 0 radical (unpaired) electrons. The van der Waals surface area contributed by atoms with Gasteiger partial charge in [0.1, 0.15) is 5.15 Å². The first kappa shape index (κ1) is 10.1. The van der Waals surface area contributed by atoms with Crippen LogP contribution in [0.3, 0.4) is 0 Å². The van der Waals surface area contributed by atoms with Crippen LogP contribution in [0.4, 0.5) is 13.2 Å². The third-order valence-electron chi connectivity index (χ3n) is 1.38. The predicted octanol–water partition coefficient (Wildman–Crippen LogP) is 2.82. The summed E-state index contributed by atoms with van der Waals surface area (Å²) in [7, 11) is 1.16. The van der Waals surface area contributed by atoms with Crippen LogP contribution in [-0.4, -0.2) is 12.1 Å². The highest BCUT2D eigenvalue weighted by Gasteiger charge is 2.17. The summed E-state index contributed by atoms with van der Waals surface area (Å²) in [6.07, 6.45) is -2.80. The van der Waals surface area contributed by atoms with Crippen molar-refractivity contribution in [2.75, 3.05) is 7.11 Å². The standard InChI is InChI=1S/C7H5ClF3NO/c1-13-4-2-3(6(9)10)5(8)12-7(4)11/h2,6H,1H3. The van der Waals surface area contributed by atoms with Gasteiger partial charge in [-0.25, -0.2) is 13.8 Å². The molecule has 0 fully saturated rings. The maximum absolute atomic E-state index is 12.7. The summed E-state index contributed by atoms with van der Waals surface area (Å²) in [6, 6.07) is 0.829. The number of rotatable bonds is 2. The second kappa shape index (κ2) is 3.83. The molecule has 0 aromatic carbocycles. The van der Waals surface area contributed by atoms with Gasteiger partial charge in [0, 0.05) is 0 Å². The van der Waals surface area contributed by atoms with Gasteiger partial charge in [0.2, 0.25) is 0 Å². The molecule has 0 saturated carbocycles. The van der Waals surface area contributed by atoms with E-state index in [1.165, 1.54) is 0 Å². The Kier molecular flexibility index (Phi) is 2.98. The van der Waals surface area contributed by atoms with Gasteiger partial charge in [0.25, 0.3) is 12.4 Å². The Morgan fingerprint density at radius 3 is 2.62 bits per heavy atom. The lowest BCUT2D eigenvalue weighted by molar-refractivity contribution is 0.150. The summed E-state index contributed by atoms with van der Waals surface area (Å²) < 4.78 is 41.5. The molecule has 0 N–H and O–H groups in total. The molecule has 0 amide bonds. The van der Waals surface area contributed by atoms with Gasteiger partial charge in [-0.1, -0.05) is 11.6 Å². The average Bonchev–Trinajstić information content (AvgIpc) is 2.03. The van der Waals surface area contributed by atoms with Crippen molar-refractivity contribution in [3.63, 3.8) is 0 Å². The highest BCUT2D eigenvalue weighted by Crippen LogP contribution is 2.29. The lowest BCUT2D eigenvalue weighted by Crippen LogP contribution is -1.97. The molecule has 13 heavy (non-hydrogen) atoms. The van der Waals surface area contributed by atoms with E-state index in [4.69, 9.17) is 11.6 Å². The van der Waals surface area contributed by atoms with Crippen LogP contribution in [0.1, 0.15) is 12.0 Å². The fourth-order valence-electron chi connectivity index (χ4n) is 0.762. The molecule has 72 valence electrons. The molecule has 1 aromatic heterocycles. The number of hydrogen-bond donors (Lipinski definition) is 0. The van der Waals surface area contributed by atoms with E-state index in [1.807, 2.05) is 0 Å². The van der Waals surface area contributed by atoms with Crippen LogP contribution >= 0.6 is 11.6 Å². The molecule has 0 aliphatic heterocycles. The van der Waals surface area contributed by atoms with Crippen molar-refractivity contribution in [1.29, 1.82) is 0 Å². The Labute approximate surface area is 77.3 Å². The van der Waals surface area contributed by atoms with Crippen LogP contribution in [0.25, 0.3) is 0 Å². The number of hydrogen-bond acceptors (Lipinski definition) is 2. The lowest BCUT2D eigenvalue weighted by atomic mass is 10.3. The summed E-state index contributed by atoms with van der Waals surface area (Å²) in [4.78, 5) is 3.06. The molecule has 0 bridgehead atoms. The fourth-order valence-corrected chi connectivity index (χ4v) is 0.974. The molecule has 0 spiro atoms. The van der Waals surface area contributed by atoms with Gasteiger partial charge in [-0.2, -0.15) is 4.39 Å². The number of ether oxygens (including phenoxy) is 1. The molecule has 0 atom stereocenters. The van der Waals surface area contributed by atoms with Crippen molar-refractivity contribution in [2.24, 2.45) is 0 Å². The topological polar surface area (TPSA) is 22.1 Å². The Morgan fingerprint density at radius 2 is 2.15 bits per heavy atom. The van der Waals surface area contributed by atoms with Gasteiger partial charge in [-0.3, -0.25) is 0 Å². The third-order valence-corrected chi connectivity index (χ3v) is 1.68. The highest BCUT2D eigenvalue weighted by atomic mass is 35.5. The zero-order chi connectivity index (χ0) is 10.0. The maximum atomic E-state index is 12.7. The molecule has 6 heteroatoms. The van der Waals surface area contributed by atoms with Crippen molar-refractivity contribution in [3.8, 4) is 5.75 Å². The second-order valence-corrected chi connectivity index (χ2v) is 2.52.